The van der Waals surface area contributed by atoms with E-state index in [1.165, 1.54) is 0 Å². The maximum atomic E-state index is 12.5. The summed E-state index contributed by atoms with van der Waals surface area (Å²) in [4.78, 5) is 27.4. The summed E-state index contributed by atoms with van der Waals surface area (Å²) in [5.74, 6) is -0.295. The van der Waals surface area contributed by atoms with E-state index in [0.717, 1.165) is 25.8 Å². The summed E-state index contributed by atoms with van der Waals surface area (Å²) in [7, 11) is 1.98. The van der Waals surface area contributed by atoms with E-state index >= 15 is 0 Å². The van der Waals surface area contributed by atoms with Gasteiger partial charge >= 0.3 is 5.97 Å². The summed E-state index contributed by atoms with van der Waals surface area (Å²) >= 11 is 1.61. The van der Waals surface area contributed by atoms with Crippen molar-refractivity contribution in [3.63, 3.8) is 0 Å². The van der Waals surface area contributed by atoms with Crippen LogP contribution in [0.25, 0.3) is 0 Å². The minimum absolute atomic E-state index is 0.0416. The van der Waals surface area contributed by atoms with E-state index < -0.39 is 17.6 Å². The number of rotatable bonds is 1. The Labute approximate surface area is 104 Å². The molecule has 1 amide bonds. The lowest BCUT2D eigenvalue weighted by atomic mass is 9.94. The van der Waals surface area contributed by atoms with Gasteiger partial charge in [0.25, 0.3) is 0 Å². The van der Waals surface area contributed by atoms with Crippen LogP contribution in [-0.4, -0.2) is 63.1 Å². The molecule has 3 fully saturated rings. The summed E-state index contributed by atoms with van der Waals surface area (Å²) in [5, 5.41) is 9.23. The lowest BCUT2D eigenvalue weighted by Gasteiger charge is -2.30. The topological polar surface area (TPSA) is 60.9 Å². The second-order valence-electron chi connectivity index (χ2n) is 5.12. The highest BCUT2D eigenvalue weighted by Crippen LogP contribution is 2.48. The van der Waals surface area contributed by atoms with Gasteiger partial charge in [-0.1, -0.05) is 0 Å². The van der Waals surface area contributed by atoms with Crippen molar-refractivity contribution in [2.24, 2.45) is 0 Å². The zero-order chi connectivity index (χ0) is 12.2. The third-order valence-corrected chi connectivity index (χ3v) is 5.62. The minimum atomic E-state index is -0.869. The molecule has 0 saturated carbocycles. The van der Waals surface area contributed by atoms with Gasteiger partial charge in [0, 0.05) is 12.2 Å². The Morgan fingerprint density at radius 2 is 2.35 bits per heavy atom. The Morgan fingerprint density at radius 3 is 2.94 bits per heavy atom. The second-order valence-corrected chi connectivity index (χ2v) is 6.33. The molecule has 0 bridgehead atoms. The molecule has 5 nitrogen and oxygen atoms in total. The van der Waals surface area contributed by atoms with Crippen molar-refractivity contribution in [1.82, 2.24) is 9.80 Å². The van der Waals surface area contributed by atoms with Crippen molar-refractivity contribution in [3.05, 3.63) is 0 Å². The van der Waals surface area contributed by atoms with Gasteiger partial charge in [0.1, 0.15) is 11.6 Å². The first kappa shape index (κ1) is 11.3. The SMILES string of the molecule is CN1CCC[C@]12C[C@H]1SC[C@H](C(=O)O)N1C2=O. The zero-order valence-electron chi connectivity index (χ0n) is 9.76. The molecule has 3 atom stereocenters. The van der Waals surface area contributed by atoms with E-state index in [4.69, 9.17) is 5.11 Å². The normalized spacial score (nSPS) is 41.5. The van der Waals surface area contributed by atoms with Crippen molar-refractivity contribution in [1.29, 1.82) is 0 Å². The monoisotopic (exact) mass is 256 g/mol. The van der Waals surface area contributed by atoms with Gasteiger partial charge in [0.2, 0.25) is 5.91 Å². The number of carboxylic acids is 1. The number of hydrogen-bond acceptors (Lipinski definition) is 4. The molecule has 6 heteroatoms. The van der Waals surface area contributed by atoms with Crippen LogP contribution in [0.1, 0.15) is 19.3 Å². The Hall–Kier alpha value is -0.750. The fourth-order valence-corrected chi connectivity index (χ4v) is 4.85. The number of fused-ring (bicyclic) bond motifs is 1. The number of amides is 1. The highest BCUT2D eigenvalue weighted by molar-refractivity contribution is 8.00. The first-order valence-electron chi connectivity index (χ1n) is 5.95. The van der Waals surface area contributed by atoms with E-state index in [1.54, 1.807) is 16.7 Å². The molecule has 3 aliphatic rings. The van der Waals surface area contributed by atoms with Gasteiger partial charge in [-0.15, -0.1) is 11.8 Å². The van der Waals surface area contributed by atoms with Crippen LogP contribution in [0.15, 0.2) is 0 Å². The smallest absolute Gasteiger partial charge is 0.327 e. The summed E-state index contributed by atoms with van der Waals surface area (Å²) in [6, 6.07) is -0.620. The fourth-order valence-electron chi connectivity index (χ4n) is 3.34. The molecule has 0 aliphatic carbocycles. The van der Waals surface area contributed by atoms with Crippen LogP contribution in [0.5, 0.6) is 0 Å². The van der Waals surface area contributed by atoms with Crippen molar-refractivity contribution in [3.8, 4) is 0 Å². The number of hydrogen-bond donors (Lipinski definition) is 1. The summed E-state index contributed by atoms with van der Waals surface area (Å²) < 4.78 is 0. The van der Waals surface area contributed by atoms with Gasteiger partial charge in [-0.25, -0.2) is 4.79 Å². The molecule has 3 aliphatic heterocycles. The molecule has 0 aromatic heterocycles. The van der Waals surface area contributed by atoms with Crippen LogP contribution in [0.2, 0.25) is 0 Å². The summed E-state index contributed by atoms with van der Waals surface area (Å²) in [5.41, 5.74) is -0.397. The molecule has 1 spiro atoms. The van der Waals surface area contributed by atoms with E-state index in [-0.39, 0.29) is 11.3 Å². The Kier molecular flexibility index (Phi) is 2.42. The largest absolute Gasteiger partial charge is 0.480 e. The van der Waals surface area contributed by atoms with Gasteiger partial charge in [0.05, 0.1) is 5.37 Å². The molecule has 94 valence electrons. The summed E-state index contributed by atoms with van der Waals surface area (Å²) in [6.45, 7) is 0.939. The Balaban J connectivity index is 1.92. The predicted molar refractivity (Wildman–Crippen MR) is 63.7 cm³/mol. The van der Waals surface area contributed by atoms with E-state index in [0.29, 0.717) is 5.75 Å². The maximum absolute atomic E-state index is 12.5. The number of thioether (sulfide) groups is 1. The van der Waals surface area contributed by atoms with Crippen LogP contribution >= 0.6 is 11.8 Å². The van der Waals surface area contributed by atoms with Gasteiger partial charge in [-0.05, 0) is 26.4 Å². The van der Waals surface area contributed by atoms with Crippen LogP contribution in [0, 0.1) is 0 Å². The van der Waals surface area contributed by atoms with Crippen molar-refractivity contribution in [2.75, 3.05) is 19.3 Å². The average Bonchev–Trinajstić information content (AvgIpc) is 2.89. The minimum Gasteiger partial charge on any atom is -0.480 e. The molecule has 1 N–H and O–H groups in total. The number of carbonyl (C=O) groups is 2. The van der Waals surface area contributed by atoms with Crippen LogP contribution in [0.3, 0.4) is 0 Å². The first-order valence-corrected chi connectivity index (χ1v) is 6.99. The molecule has 0 aromatic rings. The molecular formula is C11H16N2O3S. The Bertz CT molecular complexity index is 389. The number of aliphatic carboxylic acids is 1. The van der Waals surface area contributed by atoms with E-state index in [2.05, 4.69) is 4.90 Å². The highest BCUT2D eigenvalue weighted by atomic mass is 32.2. The lowest BCUT2D eigenvalue weighted by Crippen LogP contribution is -2.51. The number of carbonyl (C=O) groups excluding carboxylic acids is 1. The first-order chi connectivity index (χ1) is 8.06. The van der Waals surface area contributed by atoms with Crippen LogP contribution in [-0.2, 0) is 9.59 Å². The van der Waals surface area contributed by atoms with Crippen molar-refractivity contribution in [2.45, 2.75) is 36.2 Å². The number of carboxylic acid groups (broad SMARTS) is 1. The third-order valence-electron chi connectivity index (χ3n) is 4.34. The highest BCUT2D eigenvalue weighted by Gasteiger charge is 2.60. The van der Waals surface area contributed by atoms with E-state index in [9.17, 15) is 9.59 Å². The molecule has 3 heterocycles. The number of nitrogens with zero attached hydrogens (tertiary/aromatic N) is 2. The maximum Gasteiger partial charge on any atom is 0.327 e. The Morgan fingerprint density at radius 1 is 1.59 bits per heavy atom. The van der Waals surface area contributed by atoms with Crippen LogP contribution < -0.4 is 0 Å². The third kappa shape index (κ3) is 1.37. The van der Waals surface area contributed by atoms with Crippen molar-refractivity contribution < 1.29 is 14.7 Å². The van der Waals surface area contributed by atoms with Gasteiger partial charge in [-0.2, -0.15) is 0 Å². The lowest BCUT2D eigenvalue weighted by molar-refractivity contribution is -0.149. The quantitative estimate of drug-likeness (QED) is 0.726. The molecule has 3 saturated heterocycles. The van der Waals surface area contributed by atoms with Gasteiger partial charge in [0.15, 0.2) is 0 Å². The molecule has 0 aromatic carbocycles. The number of likely N-dealkylation sites (N-methyl/N-ethyl adjacent to an activating group) is 1. The van der Waals surface area contributed by atoms with Gasteiger partial charge in [-0.3, -0.25) is 9.69 Å². The average molecular weight is 256 g/mol. The predicted octanol–water partition coefficient (Wildman–Crippen LogP) is 0.209. The zero-order valence-corrected chi connectivity index (χ0v) is 10.6. The number of likely N-dealkylation sites (tertiary alicyclic amines) is 1. The molecule has 3 rings (SSSR count). The molecule has 17 heavy (non-hydrogen) atoms. The molecular weight excluding hydrogens is 240 g/mol. The van der Waals surface area contributed by atoms with Crippen LogP contribution in [0.4, 0.5) is 0 Å². The molecule has 0 radical (unpaired) electrons. The van der Waals surface area contributed by atoms with Gasteiger partial charge < -0.3 is 10.0 Å². The fraction of sp³-hybridized carbons (Fsp3) is 0.818. The standard InChI is InChI=1S/C11H16N2O3S/c1-12-4-2-3-11(12)5-8-13(10(11)16)7(6-17-8)9(14)15/h7-8H,2-6H2,1H3,(H,14,15)/t7-,8-,11-/m1/s1. The summed E-state index contributed by atoms with van der Waals surface area (Å²) in [6.07, 6.45) is 2.70. The molecule has 0 unspecified atom stereocenters. The van der Waals surface area contributed by atoms with Crippen molar-refractivity contribution >= 4 is 23.6 Å². The van der Waals surface area contributed by atoms with E-state index in [1.807, 2.05) is 7.05 Å². The second kappa shape index (κ2) is 3.62.